The van der Waals surface area contributed by atoms with Gasteiger partial charge in [-0.1, -0.05) is 70.5 Å². The summed E-state index contributed by atoms with van der Waals surface area (Å²) in [5, 5.41) is 3.03. The summed E-state index contributed by atoms with van der Waals surface area (Å²) in [4.78, 5) is 49.6. The number of hydrogen-bond acceptors (Lipinski definition) is 5. The summed E-state index contributed by atoms with van der Waals surface area (Å²) in [6.07, 6.45) is 6.98. The van der Waals surface area contributed by atoms with Crippen LogP contribution in [0.1, 0.15) is 43.4 Å². The molecule has 1 unspecified atom stereocenters. The van der Waals surface area contributed by atoms with E-state index in [4.69, 9.17) is 0 Å². The number of benzene rings is 3. The smallest absolute Gasteiger partial charge is 0.238 e. The predicted molar refractivity (Wildman–Crippen MR) is 151 cm³/mol. The monoisotopic (exact) mass is 575 g/mol. The normalized spacial score (nSPS) is 24.2. The number of nitrogens with one attached hydrogen (secondary N) is 1. The SMILES string of the molecule is O=C(c1cccnc1)[C@@H]1C2c3ccccc3C=CN2[C@H](C(=O)c2ccc(Br)cc2)[C@]12C(=O)Nc1ccccc12. The highest BCUT2D eigenvalue weighted by atomic mass is 79.9. The van der Waals surface area contributed by atoms with Crippen molar-refractivity contribution in [3.05, 3.63) is 136 Å². The number of pyridine rings is 1. The Bertz CT molecular complexity index is 1680. The molecule has 7 rings (SSSR count). The van der Waals surface area contributed by atoms with Gasteiger partial charge in [0.2, 0.25) is 5.91 Å². The van der Waals surface area contributed by atoms with Crippen molar-refractivity contribution in [2.75, 3.05) is 5.32 Å². The number of carbonyl (C=O) groups excluding carboxylic acids is 3. The zero-order valence-electron chi connectivity index (χ0n) is 20.6. The summed E-state index contributed by atoms with van der Waals surface area (Å²) >= 11 is 3.45. The average molecular weight is 576 g/mol. The molecule has 0 saturated carbocycles. The van der Waals surface area contributed by atoms with Gasteiger partial charge in [0.1, 0.15) is 11.5 Å². The minimum absolute atomic E-state index is 0.218. The maximum Gasteiger partial charge on any atom is 0.238 e. The molecule has 1 saturated heterocycles. The summed E-state index contributed by atoms with van der Waals surface area (Å²) in [6.45, 7) is 0. The summed E-state index contributed by atoms with van der Waals surface area (Å²) in [6, 6.07) is 24.3. The van der Waals surface area contributed by atoms with Gasteiger partial charge in [-0.05, 0) is 53.1 Å². The van der Waals surface area contributed by atoms with Gasteiger partial charge in [0.25, 0.3) is 0 Å². The Morgan fingerprint density at radius 2 is 1.64 bits per heavy atom. The Morgan fingerprint density at radius 1 is 0.872 bits per heavy atom. The van der Waals surface area contributed by atoms with Crippen LogP contribution in [0.4, 0.5) is 5.69 Å². The molecule has 0 radical (unpaired) electrons. The van der Waals surface area contributed by atoms with Gasteiger partial charge in [-0.15, -0.1) is 0 Å². The van der Waals surface area contributed by atoms with Crippen LogP contribution in [0, 0.1) is 5.92 Å². The molecule has 1 amide bonds. The molecule has 190 valence electrons. The van der Waals surface area contributed by atoms with Gasteiger partial charge in [-0.3, -0.25) is 19.4 Å². The molecule has 1 N–H and O–H groups in total. The van der Waals surface area contributed by atoms with E-state index in [1.807, 2.05) is 77.8 Å². The summed E-state index contributed by atoms with van der Waals surface area (Å²) < 4.78 is 0.846. The molecule has 1 fully saturated rings. The van der Waals surface area contributed by atoms with Crippen molar-refractivity contribution in [3.8, 4) is 0 Å². The topological polar surface area (TPSA) is 79.4 Å². The highest BCUT2D eigenvalue weighted by Crippen LogP contribution is 2.61. The second-order valence-corrected chi connectivity index (χ2v) is 11.0. The predicted octanol–water partition coefficient (Wildman–Crippen LogP) is 5.83. The number of Topliss-reactive ketones (excluding diaryl/α,β-unsaturated/α-hetero) is 2. The first-order chi connectivity index (χ1) is 19.0. The molecule has 6 nitrogen and oxygen atoms in total. The Hall–Kier alpha value is -4.36. The molecule has 3 aromatic carbocycles. The fourth-order valence-corrected chi connectivity index (χ4v) is 6.90. The summed E-state index contributed by atoms with van der Waals surface area (Å²) in [5.74, 6) is -1.67. The number of carbonyl (C=O) groups is 3. The summed E-state index contributed by atoms with van der Waals surface area (Å²) in [5.41, 5.74) is 2.56. The van der Waals surface area contributed by atoms with Crippen LogP contribution in [0.5, 0.6) is 0 Å². The van der Waals surface area contributed by atoms with E-state index in [0.29, 0.717) is 22.4 Å². The average Bonchev–Trinajstić information content (AvgIpc) is 3.45. The number of amides is 1. The van der Waals surface area contributed by atoms with E-state index in [1.54, 1.807) is 30.5 Å². The van der Waals surface area contributed by atoms with E-state index in [9.17, 15) is 14.4 Å². The van der Waals surface area contributed by atoms with E-state index in [2.05, 4.69) is 26.2 Å². The fraction of sp³-hybridized carbons (Fsp3) is 0.125. The fourth-order valence-electron chi connectivity index (χ4n) is 6.64. The Morgan fingerprint density at radius 3 is 2.44 bits per heavy atom. The van der Waals surface area contributed by atoms with E-state index < -0.39 is 23.4 Å². The largest absolute Gasteiger partial charge is 0.358 e. The first-order valence-electron chi connectivity index (χ1n) is 12.7. The number of halogens is 1. The van der Waals surface area contributed by atoms with Crippen molar-refractivity contribution in [3.63, 3.8) is 0 Å². The van der Waals surface area contributed by atoms with Gasteiger partial charge in [-0.2, -0.15) is 0 Å². The third-order valence-corrected chi connectivity index (χ3v) is 8.73. The van der Waals surface area contributed by atoms with Crippen LogP contribution in [0.25, 0.3) is 6.08 Å². The third-order valence-electron chi connectivity index (χ3n) is 8.20. The van der Waals surface area contributed by atoms with Crippen LogP contribution >= 0.6 is 15.9 Å². The van der Waals surface area contributed by atoms with E-state index >= 15 is 0 Å². The number of anilines is 1. The number of fused-ring (bicyclic) bond motifs is 5. The number of rotatable bonds is 4. The molecule has 4 atom stereocenters. The molecule has 0 aliphatic carbocycles. The number of para-hydroxylation sites is 1. The van der Waals surface area contributed by atoms with Crippen LogP contribution in [0.3, 0.4) is 0 Å². The van der Waals surface area contributed by atoms with Crippen molar-refractivity contribution in [2.45, 2.75) is 17.5 Å². The Balaban J connectivity index is 1.54. The van der Waals surface area contributed by atoms with Crippen LogP contribution < -0.4 is 5.32 Å². The van der Waals surface area contributed by atoms with E-state index in [0.717, 1.165) is 15.6 Å². The molecule has 4 heterocycles. The zero-order valence-corrected chi connectivity index (χ0v) is 22.2. The first kappa shape index (κ1) is 23.7. The molecule has 1 aromatic heterocycles. The van der Waals surface area contributed by atoms with Gasteiger partial charge in [0.05, 0.1) is 12.0 Å². The van der Waals surface area contributed by atoms with Crippen LogP contribution in [0.15, 0.2) is 108 Å². The quantitative estimate of drug-likeness (QED) is 0.310. The molecule has 0 bridgehead atoms. The van der Waals surface area contributed by atoms with Crippen molar-refractivity contribution in [2.24, 2.45) is 5.92 Å². The highest BCUT2D eigenvalue weighted by molar-refractivity contribution is 9.10. The van der Waals surface area contributed by atoms with Crippen molar-refractivity contribution >= 4 is 45.2 Å². The lowest BCUT2D eigenvalue weighted by Gasteiger charge is -2.35. The Kier molecular flexibility index (Phi) is 5.39. The van der Waals surface area contributed by atoms with Crippen LogP contribution in [0.2, 0.25) is 0 Å². The van der Waals surface area contributed by atoms with E-state index in [-0.39, 0.29) is 17.5 Å². The lowest BCUT2D eigenvalue weighted by Crippen LogP contribution is -2.54. The number of aromatic nitrogens is 1. The van der Waals surface area contributed by atoms with Gasteiger partial charge < -0.3 is 10.2 Å². The zero-order chi connectivity index (χ0) is 26.7. The minimum Gasteiger partial charge on any atom is -0.358 e. The standard InChI is InChI=1S/C32H22BrN3O3/c33-22-13-11-20(12-14-22)29(38)30-32(24-9-3-4-10-25(24)35-31(32)39)26(28(37)21-7-5-16-34-18-21)27-23-8-2-1-6-19(23)15-17-36(27)30/h1-18,26-27,30H,(H,35,39)/t26-,27?,30+,32+/m0/s1. The molecule has 39 heavy (non-hydrogen) atoms. The molecule has 4 aromatic rings. The van der Waals surface area contributed by atoms with Gasteiger partial charge in [0, 0.05) is 39.9 Å². The molecule has 3 aliphatic heterocycles. The van der Waals surface area contributed by atoms with Crippen molar-refractivity contribution in [1.82, 2.24) is 9.88 Å². The van der Waals surface area contributed by atoms with Gasteiger partial charge >= 0.3 is 0 Å². The van der Waals surface area contributed by atoms with E-state index in [1.165, 1.54) is 6.20 Å². The van der Waals surface area contributed by atoms with Crippen molar-refractivity contribution in [1.29, 1.82) is 0 Å². The third kappa shape index (κ3) is 3.32. The second-order valence-electron chi connectivity index (χ2n) is 10.1. The van der Waals surface area contributed by atoms with Crippen molar-refractivity contribution < 1.29 is 14.4 Å². The van der Waals surface area contributed by atoms with Crippen LogP contribution in [-0.4, -0.2) is 33.4 Å². The number of hydrogen-bond donors (Lipinski definition) is 1. The van der Waals surface area contributed by atoms with Gasteiger partial charge in [-0.25, -0.2) is 0 Å². The highest BCUT2D eigenvalue weighted by Gasteiger charge is 2.71. The summed E-state index contributed by atoms with van der Waals surface area (Å²) in [7, 11) is 0. The lowest BCUT2D eigenvalue weighted by molar-refractivity contribution is -0.122. The lowest BCUT2D eigenvalue weighted by atomic mass is 9.63. The molecule has 1 spiro atoms. The van der Waals surface area contributed by atoms with Crippen LogP contribution in [-0.2, 0) is 10.2 Å². The first-order valence-corrected chi connectivity index (χ1v) is 13.5. The number of ketones is 2. The molecule has 3 aliphatic rings. The molecule has 7 heteroatoms. The van der Waals surface area contributed by atoms with Gasteiger partial charge in [0.15, 0.2) is 11.6 Å². The number of nitrogens with zero attached hydrogens (tertiary/aromatic N) is 2. The maximum absolute atomic E-state index is 14.6. The minimum atomic E-state index is -1.47. The molecular formula is C32H22BrN3O3. The molecular weight excluding hydrogens is 554 g/mol. The maximum atomic E-state index is 14.6. The second kappa shape index (κ2) is 8.85. The Labute approximate surface area is 233 Å².